The second-order valence-electron chi connectivity index (χ2n) is 6.02. The lowest BCUT2D eigenvalue weighted by Gasteiger charge is -2.32. The average Bonchev–Trinajstić information content (AvgIpc) is 2.83. The van der Waals surface area contributed by atoms with Crippen molar-refractivity contribution in [1.82, 2.24) is 10.6 Å². The number of hydrogen-bond donors (Lipinski definition) is 3. The van der Waals surface area contributed by atoms with Crippen LogP contribution in [0.2, 0.25) is 0 Å². The Morgan fingerprint density at radius 1 is 1.38 bits per heavy atom. The maximum atomic E-state index is 12.5. The molecule has 1 fully saturated rings. The molecule has 3 N–H and O–H groups in total. The monoisotopic (exact) mass is 320 g/mol. The van der Waals surface area contributed by atoms with Gasteiger partial charge in [0, 0.05) is 12.8 Å². The highest BCUT2D eigenvalue weighted by molar-refractivity contribution is 7.90. The smallest absolute Gasteiger partial charge is 0.326 e. The van der Waals surface area contributed by atoms with Crippen LogP contribution in [-0.2, 0) is 19.4 Å². The van der Waals surface area contributed by atoms with Gasteiger partial charge in [0.25, 0.3) is 0 Å². The Morgan fingerprint density at radius 3 is 2.38 bits per heavy atom. The molecule has 0 radical (unpaired) electrons. The lowest BCUT2D eigenvalue weighted by Crippen LogP contribution is -2.52. The number of rotatable bonds is 7. The van der Waals surface area contributed by atoms with Crippen LogP contribution >= 0.6 is 0 Å². The number of nitrogens with one attached hydrogen (secondary N) is 2. The number of hydrogen-bond acceptors (Lipinski definition) is 5. The molecule has 0 aliphatic carbocycles. The van der Waals surface area contributed by atoms with Crippen LogP contribution in [0.25, 0.3) is 0 Å². The third kappa shape index (κ3) is 4.67. The van der Waals surface area contributed by atoms with Crippen LogP contribution in [0.3, 0.4) is 0 Å². The maximum Gasteiger partial charge on any atom is 0.326 e. The summed E-state index contributed by atoms with van der Waals surface area (Å²) < 4.78 is 22.3. The second kappa shape index (κ2) is 6.74. The minimum absolute atomic E-state index is 0.0665. The molecule has 0 spiro atoms. The zero-order chi connectivity index (χ0) is 16.3. The zero-order valence-corrected chi connectivity index (χ0v) is 13.5. The predicted molar refractivity (Wildman–Crippen MR) is 78.7 cm³/mol. The highest BCUT2D eigenvalue weighted by Gasteiger charge is 2.44. The normalized spacial score (nSPS) is 24.0. The average molecular weight is 320 g/mol. The van der Waals surface area contributed by atoms with E-state index < -0.39 is 27.3 Å². The fourth-order valence-corrected chi connectivity index (χ4v) is 3.22. The Bertz CT molecular complexity index is 495. The molecule has 2 atom stereocenters. The van der Waals surface area contributed by atoms with E-state index >= 15 is 0 Å². The van der Waals surface area contributed by atoms with Crippen molar-refractivity contribution >= 4 is 21.7 Å². The topological polar surface area (TPSA) is 113 Å². The van der Waals surface area contributed by atoms with Gasteiger partial charge in [-0.3, -0.25) is 4.79 Å². The van der Waals surface area contributed by atoms with Gasteiger partial charge in [-0.2, -0.15) is 0 Å². The summed E-state index contributed by atoms with van der Waals surface area (Å²) >= 11 is 0. The summed E-state index contributed by atoms with van der Waals surface area (Å²) in [6.07, 6.45) is 1.57. The molecule has 122 valence electrons. The highest BCUT2D eigenvalue weighted by Crippen LogP contribution is 2.34. The summed E-state index contributed by atoms with van der Waals surface area (Å²) in [4.78, 5) is 23.7. The lowest BCUT2D eigenvalue weighted by molar-refractivity contribution is -0.144. The van der Waals surface area contributed by atoms with Gasteiger partial charge >= 0.3 is 5.97 Å². The Labute approximate surface area is 125 Å². The predicted octanol–water partition coefficient (Wildman–Crippen LogP) is -0.374. The molecule has 21 heavy (non-hydrogen) atoms. The summed E-state index contributed by atoms with van der Waals surface area (Å²) in [5.74, 6) is -1.73. The fraction of sp³-hybridized carbons (Fsp3) is 0.846. The SMILES string of the molecule is CC(C)C1(C(=O)NC(CCS(C)(=O)=O)C(=O)O)CCNC1. The molecular formula is C13H24N2O5S. The van der Waals surface area contributed by atoms with Crippen molar-refractivity contribution < 1.29 is 23.1 Å². The second-order valence-corrected chi connectivity index (χ2v) is 8.28. The molecule has 8 heteroatoms. The molecule has 0 aromatic carbocycles. The van der Waals surface area contributed by atoms with Crippen molar-refractivity contribution in [3.05, 3.63) is 0 Å². The van der Waals surface area contributed by atoms with Crippen LogP contribution in [0.1, 0.15) is 26.7 Å². The number of carboxylic acid groups (broad SMARTS) is 1. The molecule has 2 unspecified atom stereocenters. The summed E-state index contributed by atoms with van der Waals surface area (Å²) in [5, 5.41) is 14.8. The Hall–Kier alpha value is -1.15. The molecule has 0 aromatic heterocycles. The van der Waals surface area contributed by atoms with Crippen molar-refractivity contribution in [1.29, 1.82) is 0 Å². The highest BCUT2D eigenvalue weighted by atomic mass is 32.2. The molecular weight excluding hydrogens is 296 g/mol. The molecule has 0 saturated carbocycles. The van der Waals surface area contributed by atoms with E-state index in [1.54, 1.807) is 0 Å². The molecule has 1 aliphatic heterocycles. The van der Waals surface area contributed by atoms with Crippen molar-refractivity contribution in [2.45, 2.75) is 32.7 Å². The van der Waals surface area contributed by atoms with Gasteiger partial charge in [0.1, 0.15) is 15.9 Å². The van der Waals surface area contributed by atoms with Gasteiger partial charge in [-0.15, -0.1) is 0 Å². The first kappa shape index (κ1) is 17.9. The van der Waals surface area contributed by atoms with E-state index in [-0.39, 0.29) is 24.0 Å². The number of carboxylic acids is 1. The van der Waals surface area contributed by atoms with Crippen LogP contribution < -0.4 is 10.6 Å². The van der Waals surface area contributed by atoms with E-state index in [9.17, 15) is 18.0 Å². The van der Waals surface area contributed by atoms with Gasteiger partial charge in [0.2, 0.25) is 5.91 Å². The first-order chi connectivity index (χ1) is 9.58. The molecule has 7 nitrogen and oxygen atoms in total. The molecule has 1 aliphatic rings. The van der Waals surface area contributed by atoms with Crippen molar-refractivity contribution in [3.8, 4) is 0 Å². The first-order valence-corrected chi connectivity index (χ1v) is 9.07. The lowest BCUT2D eigenvalue weighted by atomic mass is 9.75. The van der Waals surface area contributed by atoms with E-state index in [4.69, 9.17) is 5.11 Å². The summed E-state index contributed by atoms with van der Waals surface area (Å²) in [7, 11) is -3.27. The van der Waals surface area contributed by atoms with E-state index in [0.717, 1.165) is 6.26 Å². The fourth-order valence-electron chi connectivity index (χ4n) is 2.55. The zero-order valence-electron chi connectivity index (χ0n) is 12.7. The minimum Gasteiger partial charge on any atom is -0.480 e. The van der Waals surface area contributed by atoms with Crippen LogP contribution in [0, 0.1) is 11.3 Å². The number of sulfone groups is 1. The van der Waals surface area contributed by atoms with Crippen LogP contribution in [0.4, 0.5) is 0 Å². The largest absolute Gasteiger partial charge is 0.480 e. The molecule has 0 bridgehead atoms. The van der Waals surface area contributed by atoms with Gasteiger partial charge in [0.05, 0.1) is 11.2 Å². The van der Waals surface area contributed by atoms with E-state index in [2.05, 4.69) is 10.6 Å². The first-order valence-electron chi connectivity index (χ1n) is 7.01. The van der Waals surface area contributed by atoms with Gasteiger partial charge in [-0.1, -0.05) is 13.8 Å². The molecule has 1 heterocycles. The maximum absolute atomic E-state index is 12.5. The van der Waals surface area contributed by atoms with Gasteiger partial charge in [-0.25, -0.2) is 13.2 Å². The van der Waals surface area contributed by atoms with Crippen molar-refractivity contribution in [3.63, 3.8) is 0 Å². The number of carbonyl (C=O) groups is 2. The van der Waals surface area contributed by atoms with Crippen LogP contribution in [0.15, 0.2) is 0 Å². The van der Waals surface area contributed by atoms with Gasteiger partial charge in [0.15, 0.2) is 0 Å². The molecule has 1 saturated heterocycles. The van der Waals surface area contributed by atoms with E-state index in [1.807, 2.05) is 13.8 Å². The van der Waals surface area contributed by atoms with Crippen molar-refractivity contribution in [2.24, 2.45) is 11.3 Å². The molecule has 1 amide bonds. The third-order valence-corrected chi connectivity index (χ3v) is 5.10. The Balaban J connectivity index is 2.78. The number of amides is 1. The van der Waals surface area contributed by atoms with Crippen LogP contribution in [-0.4, -0.2) is 56.5 Å². The summed E-state index contributed by atoms with van der Waals surface area (Å²) in [5.41, 5.74) is -0.626. The number of aliphatic carboxylic acids is 1. The third-order valence-electron chi connectivity index (χ3n) is 4.13. The van der Waals surface area contributed by atoms with Crippen molar-refractivity contribution in [2.75, 3.05) is 25.1 Å². The number of carbonyl (C=O) groups excluding carboxylic acids is 1. The van der Waals surface area contributed by atoms with Crippen LogP contribution in [0.5, 0.6) is 0 Å². The quantitative estimate of drug-likeness (QED) is 0.590. The van der Waals surface area contributed by atoms with E-state index in [1.165, 1.54) is 0 Å². The van der Waals surface area contributed by atoms with Gasteiger partial charge in [-0.05, 0) is 25.3 Å². The summed E-state index contributed by atoms with van der Waals surface area (Å²) in [6, 6.07) is -1.18. The Kier molecular flexibility index (Phi) is 5.75. The van der Waals surface area contributed by atoms with E-state index in [0.29, 0.717) is 19.5 Å². The molecule has 1 rings (SSSR count). The standard InChI is InChI=1S/C13H24N2O5S/c1-9(2)13(5-6-14-8-13)12(18)15-10(11(16)17)4-7-21(3,19)20/h9-10,14H,4-8H2,1-3H3,(H,15,18)(H,16,17). The summed E-state index contributed by atoms with van der Waals surface area (Å²) in [6.45, 7) is 5.08. The Morgan fingerprint density at radius 2 is 2.00 bits per heavy atom. The molecule has 0 aromatic rings. The minimum atomic E-state index is -3.27. The van der Waals surface area contributed by atoms with Gasteiger partial charge < -0.3 is 15.7 Å².